The minimum absolute atomic E-state index is 0.0316. The van der Waals surface area contributed by atoms with Crippen molar-refractivity contribution in [2.45, 2.75) is 13.5 Å². The number of rotatable bonds is 7. The molecule has 0 spiro atoms. The fourth-order valence-electron chi connectivity index (χ4n) is 3.95. The number of hydrogen-bond acceptors (Lipinski definition) is 4. The molecule has 0 radical (unpaired) electrons. The Kier molecular flexibility index (Phi) is 5.67. The predicted molar refractivity (Wildman–Crippen MR) is 123 cm³/mol. The summed E-state index contributed by atoms with van der Waals surface area (Å²) in [6, 6.07) is 20.9. The summed E-state index contributed by atoms with van der Waals surface area (Å²) in [5.41, 5.74) is 4.09. The molecular weight excluding hydrogens is 390 g/mol. The molecule has 31 heavy (non-hydrogen) atoms. The molecule has 0 unspecified atom stereocenters. The zero-order valence-electron chi connectivity index (χ0n) is 18.1. The molecule has 1 heterocycles. The highest BCUT2D eigenvalue weighted by Gasteiger charge is 2.24. The van der Waals surface area contributed by atoms with Gasteiger partial charge in [0.25, 0.3) is 0 Å². The number of hydrogen-bond donors (Lipinski definition) is 0. The van der Waals surface area contributed by atoms with Crippen LogP contribution in [0.1, 0.15) is 22.8 Å². The summed E-state index contributed by atoms with van der Waals surface area (Å²) in [4.78, 5) is 13.8. The van der Waals surface area contributed by atoms with E-state index in [4.69, 9.17) is 14.2 Å². The molecule has 3 aromatic carbocycles. The van der Waals surface area contributed by atoms with Gasteiger partial charge in [0.15, 0.2) is 5.78 Å². The Bertz CT molecular complexity index is 1220. The van der Waals surface area contributed by atoms with Gasteiger partial charge in [-0.3, -0.25) is 4.79 Å². The number of nitrogens with zero attached hydrogens (tertiary/aromatic N) is 1. The Morgan fingerprint density at radius 2 is 1.32 bits per heavy atom. The smallest absolute Gasteiger partial charge is 0.195 e. The molecule has 5 heteroatoms. The van der Waals surface area contributed by atoms with Crippen molar-refractivity contribution >= 4 is 16.7 Å². The molecule has 0 amide bonds. The minimum Gasteiger partial charge on any atom is -0.497 e. The molecule has 0 aliphatic heterocycles. The van der Waals surface area contributed by atoms with E-state index >= 15 is 0 Å². The average Bonchev–Trinajstić information content (AvgIpc) is 3.17. The van der Waals surface area contributed by atoms with Crippen molar-refractivity contribution in [3.05, 3.63) is 77.9 Å². The van der Waals surface area contributed by atoms with E-state index in [-0.39, 0.29) is 5.78 Å². The highest BCUT2D eigenvalue weighted by atomic mass is 16.5. The van der Waals surface area contributed by atoms with Gasteiger partial charge in [-0.15, -0.1) is 0 Å². The lowest BCUT2D eigenvalue weighted by molar-refractivity contribution is 0.104. The van der Waals surface area contributed by atoms with Crippen LogP contribution in [0.3, 0.4) is 0 Å². The lowest BCUT2D eigenvalue weighted by Gasteiger charge is -2.11. The maximum Gasteiger partial charge on any atom is 0.195 e. The summed E-state index contributed by atoms with van der Waals surface area (Å²) in [6.07, 6.45) is 0. The molecular formula is C26H25NO4. The fraction of sp³-hybridized carbons (Fsp3) is 0.192. The van der Waals surface area contributed by atoms with Crippen LogP contribution in [0.15, 0.2) is 66.7 Å². The number of carbonyl (C=O) groups excluding carboxylic acids is 1. The van der Waals surface area contributed by atoms with Gasteiger partial charge in [-0.2, -0.15) is 0 Å². The van der Waals surface area contributed by atoms with Crippen LogP contribution in [0.2, 0.25) is 0 Å². The second-order valence-electron chi connectivity index (χ2n) is 7.14. The number of aryl methyl sites for hydroxylation is 1. The molecule has 4 rings (SSSR count). The summed E-state index contributed by atoms with van der Waals surface area (Å²) in [5.74, 6) is 2.21. The maximum absolute atomic E-state index is 13.8. The highest BCUT2D eigenvalue weighted by molar-refractivity contribution is 6.20. The number of ether oxygens (including phenoxy) is 3. The summed E-state index contributed by atoms with van der Waals surface area (Å²) in [6.45, 7) is 2.79. The first kappa shape index (κ1) is 20.5. The summed E-state index contributed by atoms with van der Waals surface area (Å²) in [7, 11) is 4.90. The number of fused-ring (bicyclic) bond motifs is 1. The van der Waals surface area contributed by atoms with E-state index in [1.165, 1.54) is 0 Å². The second kappa shape index (κ2) is 8.56. The van der Waals surface area contributed by atoms with Crippen LogP contribution in [0.25, 0.3) is 22.2 Å². The lowest BCUT2D eigenvalue weighted by Crippen LogP contribution is -2.05. The zero-order chi connectivity index (χ0) is 22.0. The van der Waals surface area contributed by atoms with Gasteiger partial charge in [0.1, 0.15) is 17.2 Å². The van der Waals surface area contributed by atoms with Crippen molar-refractivity contribution in [1.29, 1.82) is 0 Å². The first-order valence-corrected chi connectivity index (χ1v) is 10.1. The second-order valence-corrected chi connectivity index (χ2v) is 7.14. The number of carbonyl (C=O) groups is 1. The van der Waals surface area contributed by atoms with Gasteiger partial charge >= 0.3 is 0 Å². The number of ketones is 1. The van der Waals surface area contributed by atoms with Gasteiger partial charge in [-0.1, -0.05) is 0 Å². The Morgan fingerprint density at radius 3 is 1.87 bits per heavy atom. The van der Waals surface area contributed by atoms with Crippen LogP contribution in [0.5, 0.6) is 17.2 Å². The fourth-order valence-corrected chi connectivity index (χ4v) is 3.95. The maximum atomic E-state index is 13.8. The summed E-state index contributed by atoms with van der Waals surface area (Å²) >= 11 is 0. The molecule has 0 saturated heterocycles. The third-order valence-corrected chi connectivity index (χ3v) is 5.53. The molecule has 0 N–H and O–H groups in total. The number of methoxy groups -OCH3 is 3. The van der Waals surface area contributed by atoms with Gasteiger partial charge in [0, 0.05) is 23.6 Å². The molecule has 0 bridgehead atoms. The van der Waals surface area contributed by atoms with Crippen LogP contribution in [-0.2, 0) is 6.54 Å². The molecule has 0 saturated carbocycles. The summed E-state index contributed by atoms with van der Waals surface area (Å²) < 4.78 is 18.2. The van der Waals surface area contributed by atoms with Crippen molar-refractivity contribution < 1.29 is 19.0 Å². The first-order chi connectivity index (χ1) is 15.1. The quantitative estimate of drug-likeness (QED) is 0.370. The molecule has 0 aliphatic rings. The van der Waals surface area contributed by atoms with Crippen molar-refractivity contribution in [2.75, 3.05) is 21.3 Å². The van der Waals surface area contributed by atoms with Crippen molar-refractivity contribution in [2.24, 2.45) is 0 Å². The van der Waals surface area contributed by atoms with Gasteiger partial charge in [-0.05, 0) is 73.2 Å². The minimum atomic E-state index is -0.0316. The number of aromatic nitrogens is 1. The first-order valence-electron chi connectivity index (χ1n) is 10.1. The third-order valence-electron chi connectivity index (χ3n) is 5.53. The van der Waals surface area contributed by atoms with E-state index in [2.05, 4.69) is 11.5 Å². The van der Waals surface area contributed by atoms with Crippen molar-refractivity contribution in [3.8, 4) is 28.5 Å². The van der Waals surface area contributed by atoms with E-state index < -0.39 is 0 Å². The zero-order valence-corrected chi connectivity index (χ0v) is 18.1. The normalized spacial score (nSPS) is 10.8. The Balaban J connectivity index is 1.99. The molecule has 0 fully saturated rings. The Hall–Kier alpha value is -3.73. The Morgan fingerprint density at radius 1 is 0.774 bits per heavy atom. The molecule has 0 atom stereocenters. The van der Waals surface area contributed by atoms with Crippen molar-refractivity contribution in [3.63, 3.8) is 0 Å². The lowest BCUT2D eigenvalue weighted by atomic mass is 9.97. The predicted octanol–water partition coefficient (Wildman–Crippen LogP) is 5.59. The topological polar surface area (TPSA) is 49.7 Å². The SMILES string of the molecule is CCn1c(-c2ccc(OC)cc2)c(C(=O)c2ccc(OC)cc2)c2ccc(OC)cc21. The van der Waals surface area contributed by atoms with Crippen LogP contribution < -0.4 is 14.2 Å². The van der Waals surface area contributed by atoms with E-state index in [0.29, 0.717) is 23.4 Å². The van der Waals surface area contributed by atoms with E-state index in [1.807, 2.05) is 54.6 Å². The molecule has 5 nitrogen and oxygen atoms in total. The molecule has 158 valence electrons. The molecule has 0 aliphatic carbocycles. The van der Waals surface area contributed by atoms with E-state index in [1.54, 1.807) is 33.5 Å². The van der Waals surface area contributed by atoms with Gasteiger partial charge in [-0.25, -0.2) is 0 Å². The van der Waals surface area contributed by atoms with Gasteiger partial charge in [0.05, 0.1) is 38.1 Å². The highest BCUT2D eigenvalue weighted by Crippen LogP contribution is 2.37. The molecule has 1 aromatic heterocycles. The average molecular weight is 415 g/mol. The van der Waals surface area contributed by atoms with E-state index in [9.17, 15) is 4.79 Å². The van der Waals surface area contributed by atoms with Crippen LogP contribution >= 0.6 is 0 Å². The molecule has 4 aromatic rings. The summed E-state index contributed by atoms with van der Waals surface area (Å²) in [5, 5.41) is 0.897. The number of benzene rings is 3. The third kappa shape index (κ3) is 3.63. The van der Waals surface area contributed by atoms with Crippen LogP contribution in [0, 0.1) is 0 Å². The monoisotopic (exact) mass is 415 g/mol. The van der Waals surface area contributed by atoms with E-state index in [0.717, 1.165) is 33.7 Å². The standard InChI is InChI=1S/C26H25NO4/c1-5-27-23-16-21(31-4)14-15-22(23)24(25(27)17-6-10-19(29-2)11-7-17)26(28)18-8-12-20(30-3)13-9-18/h6-16H,5H2,1-4H3. The van der Waals surface area contributed by atoms with Gasteiger partial charge < -0.3 is 18.8 Å². The van der Waals surface area contributed by atoms with Crippen LogP contribution in [0.4, 0.5) is 0 Å². The largest absolute Gasteiger partial charge is 0.497 e. The Labute approximate surface area is 181 Å². The van der Waals surface area contributed by atoms with Crippen LogP contribution in [-0.4, -0.2) is 31.7 Å². The van der Waals surface area contributed by atoms with Gasteiger partial charge in [0.2, 0.25) is 0 Å². The van der Waals surface area contributed by atoms with Crippen molar-refractivity contribution in [1.82, 2.24) is 4.57 Å².